The van der Waals surface area contributed by atoms with Gasteiger partial charge in [0, 0.05) is 43.2 Å². The molecule has 2 amide bonds. The van der Waals surface area contributed by atoms with Gasteiger partial charge in [0.05, 0.1) is 35.1 Å². The fourth-order valence-corrected chi connectivity index (χ4v) is 5.76. The van der Waals surface area contributed by atoms with Crippen LogP contribution in [0.1, 0.15) is 54.4 Å². The number of benzene rings is 2. The minimum Gasteiger partial charge on any atom is -0.388 e. The van der Waals surface area contributed by atoms with Gasteiger partial charge in [0.25, 0.3) is 11.5 Å². The van der Waals surface area contributed by atoms with E-state index in [1.807, 2.05) is 12.1 Å². The van der Waals surface area contributed by atoms with Crippen molar-refractivity contribution in [3.63, 3.8) is 0 Å². The number of nitriles is 1. The predicted octanol–water partition coefficient (Wildman–Crippen LogP) is 3.24. The van der Waals surface area contributed by atoms with Crippen molar-refractivity contribution in [1.29, 1.82) is 5.26 Å². The lowest BCUT2D eigenvalue weighted by atomic mass is 9.91. The lowest BCUT2D eigenvalue weighted by molar-refractivity contribution is -0.136. The number of hydrogen-bond donors (Lipinski definition) is 2. The van der Waals surface area contributed by atoms with E-state index in [1.165, 1.54) is 10.9 Å². The molecular formula is C30H33ClN6O4. The van der Waals surface area contributed by atoms with Gasteiger partial charge in [-0.1, -0.05) is 11.6 Å². The van der Waals surface area contributed by atoms with Crippen molar-refractivity contribution in [2.75, 3.05) is 31.1 Å². The number of hydrogen-bond acceptors (Lipinski definition) is 7. The summed E-state index contributed by atoms with van der Waals surface area (Å²) in [5.74, 6) is -0.135. The molecule has 0 unspecified atom stereocenters. The first-order chi connectivity index (χ1) is 19.8. The number of carbonyl (C=O) groups is 2. The van der Waals surface area contributed by atoms with E-state index in [9.17, 15) is 24.8 Å². The summed E-state index contributed by atoms with van der Waals surface area (Å²) in [5, 5.41) is 24.3. The molecule has 1 fully saturated rings. The topological polar surface area (TPSA) is 132 Å². The molecule has 1 saturated heterocycles. The Bertz CT molecular complexity index is 1560. The van der Waals surface area contributed by atoms with Crippen LogP contribution in [0, 0.1) is 11.5 Å². The zero-order chi connectivity index (χ0) is 29.0. The average Bonchev–Trinajstić information content (AvgIpc) is 2.98. The number of rotatable bonds is 8. The number of anilines is 1. The first-order valence-electron chi connectivity index (χ1n) is 14.0. The third-order valence-electron chi connectivity index (χ3n) is 7.98. The fraction of sp³-hybridized carbons (Fsp3) is 0.433. The molecular weight excluding hydrogens is 544 g/mol. The van der Waals surface area contributed by atoms with E-state index in [-0.39, 0.29) is 23.9 Å². The number of aromatic nitrogens is 2. The highest BCUT2D eigenvalue weighted by atomic mass is 35.5. The Morgan fingerprint density at radius 3 is 2.71 bits per heavy atom. The van der Waals surface area contributed by atoms with E-state index in [1.54, 1.807) is 34.1 Å². The molecule has 1 aromatic heterocycles. The largest absolute Gasteiger partial charge is 0.388 e. The van der Waals surface area contributed by atoms with Gasteiger partial charge in [-0.2, -0.15) is 5.26 Å². The Labute approximate surface area is 243 Å². The molecule has 0 saturated carbocycles. The summed E-state index contributed by atoms with van der Waals surface area (Å²) >= 11 is 5.99. The number of piperidine rings is 1. The minimum absolute atomic E-state index is 0.0246. The van der Waals surface area contributed by atoms with E-state index >= 15 is 0 Å². The summed E-state index contributed by atoms with van der Waals surface area (Å²) in [6.45, 7) is 2.11. The van der Waals surface area contributed by atoms with Crippen molar-refractivity contribution in [2.45, 2.75) is 57.1 Å². The second kappa shape index (κ2) is 12.3. The molecule has 11 heteroatoms. The molecule has 0 spiro atoms. The molecule has 0 aliphatic carbocycles. The quantitative estimate of drug-likeness (QED) is 0.311. The van der Waals surface area contributed by atoms with Crippen molar-refractivity contribution in [3.8, 4) is 6.19 Å². The van der Waals surface area contributed by atoms with E-state index in [0.717, 1.165) is 24.1 Å². The number of halogens is 1. The summed E-state index contributed by atoms with van der Waals surface area (Å²) in [6, 6.07) is 10.3. The van der Waals surface area contributed by atoms with Crippen molar-refractivity contribution in [1.82, 2.24) is 19.8 Å². The third-order valence-corrected chi connectivity index (χ3v) is 8.22. The fourth-order valence-electron chi connectivity index (χ4n) is 5.60. The standard InChI is InChI=1S/C30H33ClN6O4/c31-23-7-8-24-25(17-23)34-20-37(29(24)40)18-30(41)10-14-35(15-11-30)27(38)5-1-2-12-33-28(39)22-6-9-26-21(16-22)4-3-13-36(26)19-32/h6-9,16-17,20,41H,1-5,10-15,18H2,(H,33,39). The first kappa shape index (κ1) is 28.6. The van der Waals surface area contributed by atoms with Gasteiger partial charge >= 0.3 is 0 Å². The third kappa shape index (κ3) is 6.53. The van der Waals surface area contributed by atoms with Crippen LogP contribution in [0.4, 0.5) is 5.69 Å². The van der Waals surface area contributed by atoms with Gasteiger partial charge in [0.15, 0.2) is 6.19 Å². The lowest BCUT2D eigenvalue weighted by Crippen LogP contribution is -2.49. The Kier molecular flexibility index (Phi) is 8.57. The van der Waals surface area contributed by atoms with Crippen LogP contribution >= 0.6 is 11.6 Å². The average molecular weight is 577 g/mol. The normalized spacial score (nSPS) is 16.2. The van der Waals surface area contributed by atoms with Crippen LogP contribution in [-0.2, 0) is 17.8 Å². The number of carbonyl (C=O) groups excluding carboxylic acids is 2. The van der Waals surface area contributed by atoms with Gasteiger partial charge in [-0.05, 0) is 80.5 Å². The van der Waals surface area contributed by atoms with Crippen molar-refractivity contribution in [3.05, 3.63) is 69.2 Å². The summed E-state index contributed by atoms with van der Waals surface area (Å²) < 4.78 is 1.42. The molecule has 2 N–H and O–H groups in total. The Morgan fingerprint density at radius 1 is 1.12 bits per heavy atom. The smallest absolute Gasteiger partial charge is 0.261 e. The highest BCUT2D eigenvalue weighted by molar-refractivity contribution is 6.31. The van der Waals surface area contributed by atoms with Crippen LogP contribution in [-0.4, -0.2) is 63.2 Å². The zero-order valence-electron chi connectivity index (χ0n) is 22.8. The first-order valence-corrected chi connectivity index (χ1v) is 14.4. The SMILES string of the molecule is N#CN1CCCc2cc(C(=O)NCCCCC(=O)N3CCC(O)(Cn4cnc5cc(Cl)ccc5c4=O)CC3)ccc21. The molecule has 0 bridgehead atoms. The summed E-state index contributed by atoms with van der Waals surface area (Å²) in [6.07, 6.45) is 7.77. The Morgan fingerprint density at radius 2 is 1.93 bits per heavy atom. The van der Waals surface area contributed by atoms with Crippen molar-refractivity contribution in [2.24, 2.45) is 0 Å². The van der Waals surface area contributed by atoms with Crippen molar-refractivity contribution < 1.29 is 14.7 Å². The van der Waals surface area contributed by atoms with Crippen LogP contribution in [0.25, 0.3) is 10.9 Å². The zero-order valence-corrected chi connectivity index (χ0v) is 23.6. The molecule has 5 rings (SSSR count). The Hall–Kier alpha value is -3.94. The van der Waals surface area contributed by atoms with E-state index in [0.29, 0.717) is 79.8 Å². The highest BCUT2D eigenvalue weighted by Gasteiger charge is 2.34. The lowest BCUT2D eigenvalue weighted by Gasteiger charge is -2.38. The van der Waals surface area contributed by atoms with Gasteiger partial charge in [-0.3, -0.25) is 23.9 Å². The summed E-state index contributed by atoms with van der Waals surface area (Å²) in [7, 11) is 0. The number of unbranched alkanes of at least 4 members (excludes halogenated alkanes) is 1. The highest BCUT2D eigenvalue weighted by Crippen LogP contribution is 2.28. The second-order valence-electron chi connectivity index (χ2n) is 10.9. The van der Waals surface area contributed by atoms with E-state index in [2.05, 4.69) is 16.5 Å². The number of amides is 2. The van der Waals surface area contributed by atoms with Gasteiger partial charge in [0.1, 0.15) is 0 Å². The van der Waals surface area contributed by atoms with Gasteiger partial charge in [-0.15, -0.1) is 0 Å². The number of nitrogens with one attached hydrogen (secondary N) is 1. The second-order valence-corrected chi connectivity index (χ2v) is 11.3. The van der Waals surface area contributed by atoms with Crippen molar-refractivity contribution >= 4 is 40.0 Å². The van der Waals surface area contributed by atoms with Gasteiger partial charge < -0.3 is 15.3 Å². The molecule has 3 heterocycles. The number of nitrogens with zero attached hydrogens (tertiary/aromatic N) is 5. The Balaban J connectivity index is 1.04. The maximum atomic E-state index is 12.9. The molecule has 214 valence electrons. The molecule has 2 aliphatic heterocycles. The van der Waals surface area contributed by atoms with Crippen LogP contribution < -0.4 is 15.8 Å². The number of fused-ring (bicyclic) bond motifs is 2. The van der Waals surface area contributed by atoms with Crippen LogP contribution in [0.3, 0.4) is 0 Å². The van der Waals surface area contributed by atoms with Crippen LogP contribution in [0.5, 0.6) is 0 Å². The molecule has 3 aromatic rings. The van der Waals surface area contributed by atoms with Gasteiger partial charge in [0.2, 0.25) is 5.91 Å². The van der Waals surface area contributed by atoms with Crippen LogP contribution in [0.2, 0.25) is 5.02 Å². The summed E-state index contributed by atoms with van der Waals surface area (Å²) in [5.41, 5.74) is 1.63. The van der Waals surface area contributed by atoms with Crippen LogP contribution in [0.15, 0.2) is 47.5 Å². The molecule has 0 radical (unpaired) electrons. The molecule has 0 atom stereocenters. The predicted molar refractivity (Wildman–Crippen MR) is 156 cm³/mol. The molecule has 2 aliphatic rings. The minimum atomic E-state index is -1.10. The molecule has 10 nitrogen and oxygen atoms in total. The summed E-state index contributed by atoms with van der Waals surface area (Å²) in [4.78, 5) is 45.9. The molecule has 2 aromatic carbocycles. The number of likely N-dealkylation sites (tertiary alicyclic amines) is 1. The number of aryl methyl sites for hydroxylation is 1. The van der Waals surface area contributed by atoms with Gasteiger partial charge in [-0.25, -0.2) is 4.98 Å². The number of aliphatic hydroxyl groups is 1. The monoisotopic (exact) mass is 576 g/mol. The maximum absolute atomic E-state index is 12.9. The van der Waals surface area contributed by atoms with E-state index < -0.39 is 5.60 Å². The maximum Gasteiger partial charge on any atom is 0.261 e. The molecule has 41 heavy (non-hydrogen) atoms. The van der Waals surface area contributed by atoms with E-state index in [4.69, 9.17) is 11.6 Å².